The minimum atomic E-state index is -0.979. The first-order valence-corrected chi connectivity index (χ1v) is 10.8. The van der Waals surface area contributed by atoms with E-state index >= 15 is 0 Å². The highest BCUT2D eigenvalue weighted by atomic mass is 31.1. The van der Waals surface area contributed by atoms with E-state index in [9.17, 15) is 0 Å². The highest BCUT2D eigenvalue weighted by Crippen LogP contribution is 2.43. The zero-order valence-electron chi connectivity index (χ0n) is 16.7. The van der Waals surface area contributed by atoms with E-state index in [1.165, 1.54) is 10.6 Å². The summed E-state index contributed by atoms with van der Waals surface area (Å²) in [5.74, 6) is -1.94. The molecule has 0 saturated carbocycles. The molecule has 0 amide bonds. The largest absolute Gasteiger partial charge is 0.349 e. The predicted molar refractivity (Wildman–Crippen MR) is 110 cm³/mol. The summed E-state index contributed by atoms with van der Waals surface area (Å²) >= 11 is 0. The number of rotatable bonds is 6. The molecule has 1 saturated heterocycles. The fourth-order valence-electron chi connectivity index (χ4n) is 3.44. The van der Waals surface area contributed by atoms with Gasteiger partial charge in [0.1, 0.15) is 0 Å². The Morgan fingerprint density at radius 2 is 1.26 bits per heavy atom. The van der Waals surface area contributed by atoms with Crippen molar-refractivity contribution in [2.45, 2.75) is 44.6 Å². The van der Waals surface area contributed by atoms with Crippen LogP contribution in [0.15, 0.2) is 60.7 Å². The van der Waals surface area contributed by atoms with Gasteiger partial charge in [0.15, 0.2) is 0 Å². The monoisotopic (exact) mass is 388 g/mol. The summed E-state index contributed by atoms with van der Waals surface area (Å²) in [6, 6.07) is 21.3. The van der Waals surface area contributed by atoms with E-state index in [1.54, 1.807) is 14.2 Å². The van der Waals surface area contributed by atoms with Crippen LogP contribution in [0.3, 0.4) is 0 Å². The normalized spacial score (nSPS) is 31.2. The van der Waals surface area contributed by atoms with Crippen molar-refractivity contribution < 1.29 is 18.9 Å². The van der Waals surface area contributed by atoms with Gasteiger partial charge in [-0.05, 0) is 39.3 Å². The molecule has 0 spiro atoms. The highest BCUT2D eigenvalue weighted by Gasteiger charge is 2.55. The van der Waals surface area contributed by atoms with Gasteiger partial charge in [0, 0.05) is 20.4 Å². The van der Waals surface area contributed by atoms with Crippen LogP contribution in [0.25, 0.3) is 0 Å². The fraction of sp³-hybridized carbons (Fsp3) is 0.455. The summed E-state index contributed by atoms with van der Waals surface area (Å²) in [6.07, 6.45) is 0.629. The zero-order chi connectivity index (χ0) is 19.5. The number of methoxy groups -OCH3 is 2. The van der Waals surface area contributed by atoms with Crippen molar-refractivity contribution in [1.82, 2.24) is 0 Å². The maximum absolute atomic E-state index is 6.46. The molecule has 0 aliphatic carbocycles. The van der Waals surface area contributed by atoms with Crippen LogP contribution in [0.2, 0.25) is 0 Å². The quantitative estimate of drug-likeness (QED) is 0.708. The summed E-state index contributed by atoms with van der Waals surface area (Å²) in [5, 5.41) is 2.65. The average Bonchev–Trinajstić information content (AvgIpc) is 2.71. The maximum atomic E-state index is 6.46. The molecule has 0 radical (unpaired) electrons. The summed E-state index contributed by atoms with van der Waals surface area (Å²) in [5.41, 5.74) is 0. The Hall–Kier alpha value is -1.29. The number of ether oxygens (including phenoxy) is 4. The third kappa shape index (κ3) is 4.11. The minimum absolute atomic E-state index is 0.107. The Morgan fingerprint density at radius 1 is 0.815 bits per heavy atom. The van der Waals surface area contributed by atoms with Gasteiger partial charge >= 0.3 is 0 Å². The van der Waals surface area contributed by atoms with Gasteiger partial charge in [0.25, 0.3) is 0 Å². The third-order valence-corrected chi connectivity index (χ3v) is 7.98. The first kappa shape index (κ1) is 20.4. The Bertz CT molecular complexity index is 686. The Labute approximate surface area is 163 Å². The first-order valence-electron chi connectivity index (χ1n) is 9.26. The van der Waals surface area contributed by atoms with E-state index in [2.05, 4.69) is 60.7 Å². The van der Waals surface area contributed by atoms with Gasteiger partial charge in [-0.15, -0.1) is 0 Å². The van der Waals surface area contributed by atoms with Crippen molar-refractivity contribution in [3.8, 4) is 0 Å². The van der Waals surface area contributed by atoms with Crippen LogP contribution >= 0.6 is 7.92 Å². The molecule has 1 aliphatic rings. The second-order valence-electron chi connectivity index (χ2n) is 7.06. The van der Waals surface area contributed by atoms with Crippen LogP contribution in [0.1, 0.15) is 20.8 Å². The van der Waals surface area contributed by atoms with Gasteiger partial charge in [-0.1, -0.05) is 60.7 Å². The van der Waals surface area contributed by atoms with Gasteiger partial charge in [-0.25, -0.2) is 0 Å². The molecule has 4 nitrogen and oxygen atoms in total. The van der Waals surface area contributed by atoms with E-state index in [0.717, 1.165) is 6.16 Å². The second kappa shape index (κ2) is 8.38. The topological polar surface area (TPSA) is 36.9 Å². The van der Waals surface area contributed by atoms with Crippen LogP contribution in [0, 0.1) is 0 Å². The number of hydrogen-bond donors (Lipinski definition) is 0. The molecular formula is C22H29O4P. The zero-order valence-corrected chi connectivity index (χ0v) is 17.6. The van der Waals surface area contributed by atoms with E-state index in [4.69, 9.17) is 18.9 Å². The molecule has 5 heteroatoms. The highest BCUT2D eigenvalue weighted by molar-refractivity contribution is 7.73. The molecule has 27 heavy (non-hydrogen) atoms. The van der Waals surface area contributed by atoms with Gasteiger partial charge in [0.05, 0.1) is 12.2 Å². The molecule has 0 bridgehead atoms. The van der Waals surface area contributed by atoms with Crippen LogP contribution in [0.4, 0.5) is 0 Å². The molecule has 4 unspecified atom stereocenters. The van der Waals surface area contributed by atoms with Crippen molar-refractivity contribution in [2.24, 2.45) is 0 Å². The van der Waals surface area contributed by atoms with Gasteiger partial charge in [-0.2, -0.15) is 0 Å². The SMILES string of the molecule is COC1(C)OC(C)C(CP(c2ccccc2)c2ccccc2)OC1(C)OC. The second-order valence-corrected chi connectivity index (χ2v) is 9.31. The molecule has 0 aromatic heterocycles. The molecule has 0 N–H and O–H groups in total. The lowest BCUT2D eigenvalue weighted by atomic mass is 10.0. The van der Waals surface area contributed by atoms with Crippen molar-refractivity contribution in [3.05, 3.63) is 60.7 Å². The first-order chi connectivity index (χ1) is 12.9. The van der Waals surface area contributed by atoms with E-state index in [0.29, 0.717) is 0 Å². The Morgan fingerprint density at radius 3 is 1.70 bits per heavy atom. The van der Waals surface area contributed by atoms with Crippen molar-refractivity contribution in [3.63, 3.8) is 0 Å². The molecule has 1 heterocycles. The molecule has 2 aromatic carbocycles. The van der Waals surface area contributed by atoms with Gasteiger partial charge in [-0.3, -0.25) is 0 Å². The summed E-state index contributed by atoms with van der Waals surface area (Å²) in [4.78, 5) is 0. The standard InChI is InChI=1S/C22H29O4P/c1-17-20(26-22(3,24-5)21(2,23-4)25-17)16-27(18-12-8-6-9-13-18)19-14-10-7-11-15-19/h6-15,17,20H,16H2,1-5H3. The lowest BCUT2D eigenvalue weighted by Crippen LogP contribution is -2.65. The molecule has 146 valence electrons. The summed E-state index contributed by atoms with van der Waals surface area (Å²) in [6.45, 7) is 5.78. The smallest absolute Gasteiger partial charge is 0.220 e. The predicted octanol–water partition coefficient (Wildman–Crippen LogP) is 3.65. The molecule has 1 fully saturated rings. The average molecular weight is 388 g/mol. The summed E-state index contributed by atoms with van der Waals surface area (Å²) < 4.78 is 24.0. The van der Waals surface area contributed by atoms with Crippen LogP contribution < -0.4 is 10.6 Å². The molecule has 2 aromatic rings. The van der Waals surface area contributed by atoms with Crippen LogP contribution in [0.5, 0.6) is 0 Å². The number of hydrogen-bond acceptors (Lipinski definition) is 4. The van der Waals surface area contributed by atoms with Gasteiger partial charge in [0.2, 0.25) is 11.6 Å². The minimum Gasteiger partial charge on any atom is -0.349 e. The summed E-state index contributed by atoms with van der Waals surface area (Å²) in [7, 11) is 2.67. The molecule has 3 rings (SSSR count). The van der Waals surface area contributed by atoms with E-state index in [1.807, 2.05) is 20.8 Å². The molecule has 1 aliphatic heterocycles. The third-order valence-electron chi connectivity index (χ3n) is 5.41. The van der Waals surface area contributed by atoms with Crippen LogP contribution in [-0.4, -0.2) is 44.2 Å². The van der Waals surface area contributed by atoms with Gasteiger partial charge < -0.3 is 18.9 Å². The van der Waals surface area contributed by atoms with E-state index < -0.39 is 19.5 Å². The lowest BCUT2D eigenvalue weighted by Gasteiger charge is -2.52. The van der Waals surface area contributed by atoms with Crippen molar-refractivity contribution >= 4 is 18.5 Å². The Kier molecular flexibility index (Phi) is 6.35. The Balaban J connectivity index is 1.90. The van der Waals surface area contributed by atoms with Crippen LogP contribution in [-0.2, 0) is 18.9 Å². The molecule has 4 atom stereocenters. The molecular weight excluding hydrogens is 359 g/mol. The lowest BCUT2D eigenvalue weighted by molar-refractivity contribution is -0.443. The van der Waals surface area contributed by atoms with Crippen molar-refractivity contribution in [2.75, 3.05) is 20.4 Å². The fourth-order valence-corrected chi connectivity index (χ4v) is 5.95. The van der Waals surface area contributed by atoms with Crippen molar-refractivity contribution in [1.29, 1.82) is 0 Å². The van der Waals surface area contributed by atoms with E-state index in [-0.39, 0.29) is 12.2 Å². The number of benzene rings is 2. The maximum Gasteiger partial charge on any atom is 0.220 e.